The quantitative estimate of drug-likeness (QED) is 0.0347. The van der Waals surface area contributed by atoms with Crippen LogP contribution < -0.4 is 0 Å². The molecule has 0 amide bonds. The molecule has 0 saturated heterocycles. The van der Waals surface area contributed by atoms with Crippen molar-refractivity contribution in [2.45, 2.75) is 290 Å². The van der Waals surface area contributed by atoms with Gasteiger partial charge in [0.05, 0.1) is 0 Å². The van der Waals surface area contributed by atoms with E-state index < -0.39 is 6.10 Å². The lowest BCUT2D eigenvalue weighted by molar-refractivity contribution is -0.167. The van der Waals surface area contributed by atoms with Gasteiger partial charge in [0.2, 0.25) is 0 Å². The fraction of sp³-hybridized carbons (Fsp3) is 0.940. The van der Waals surface area contributed by atoms with Crippen molar-refractivity contribution < 1.29 is 28.6 Å². The number of hydrogen-bond donors (Lipinski definition) is 0. The Labute approximate surface area is 348 Å². The monoisotopic (exact) mass is 793 g/mol. The highest BCUT2D eigenvalue weighted by Crippen LogP contribution is 2.16. The first-order chi connectivity index (χ1) is 27.5. The molecule has 0 fully saturated rings. The molecule has 0 radical (unpaired) electrons. The molecule has 0 heterocycles. The lowest BCUT2D eigenvalue weighted by Gasteiger charge is -2.18. The zero-order valence-electron chi connectivity index (χ0n) is 37.9. The average Bonchev–Trinajstić information content (AvgIpc) is 3.19. The third-order valence-corrected chi connectivity index (χ3v) is 11.4. The summed E-state index contributed by atoms with van der Waals surface area (Å²) in [6.45, 7) is 6.63. The highest BCUT2D eigenvalue weighted by Gasteiger charge is 2.19. The summed E-state index contributed by atoms with van der Waals surface area (Å²) in [6, 6.07) is 0. The van der Waals surface area contributed by atoms with Crippen molar-refractivity contribution in [1.29, 1.82) is 0 Å². The molecule has 0 rings (SSSR count). The van der Waals surface area contributed by atoms with Crippen molar-refractivity contribution in [3.63, 3.8) is 0 Å². The second-order valence-electron chi connectivity index (χ2n) is 17.1. The Morgan fingerprint density at radius 1 is 0.286 bits per heavy atom. The first-order valence-electron chi connectivity index (χ1n) is 25.0. The number of ether oxygens (including phenoxy) is 3. The Hall–Kier alpha value is -1.59. The second-order valence-corrected chi connectivity index (χ2v) is 17.1. The highest BCUT2D eigenvalue weighted by molar-refractivity contribution is 5.71. The Bertz CT molecular complexity index is 828. The number of esters is 3. The summed E-state index contributed by atoms with van der Waals surface area (Å²) in [4.78, 5) is 37.7. The molecule has 6 nitrogen and oxygen atoms in total. The fourth-order valence-electron chi connectivity index (χ4n) is 7.56. The largest absolute Gasteiger partial charge is 0.462 e. The Morgan fingerprint density at radius 3 is 0.714 bits per heavy atom. The van der Waals surface area contributed by atoms with Gasteiger partial charge in [-0.3, -0.25) is 14.4 Å². The van der Waals surface area contributed by atoms with Crippen LogP contribution in [0.2, 0.25) is 0 Å². The van der Waals surface area contributed by atoms with E-state index in [1.54, 1.807) is 0 Å². The van der Waals surface area contributed by atoms with Crippen molar-refractivity contribution >= 4 is 17.9 Å². The number of rotatable bonds is 46. The maximum atomic E-state index is 12.6. The number of hydrogen-bond acceptors (Lipinski definition) is 6. The first kappa shape index (κ1) is 54.4. The van der Waals surface area contributed by atoms with Crippen molar-refractivity contribution in [3.05, 3.63) is 0 Å². The Kier molecular flexibility index (Phi) is 44.8. The number of unbranched alkanes of at least 4 members (excludes halogenated alkanes) is 35. The minimum Gasteiger partial charge on any atom is -0.462 e. The molecule has 0 aliphatic carbocycles. The van der Waals surface area contributed by atoms with E-state index in [9.17, 15) is 14.4 Å². The van der Waals surface area contributed by atoms with Gasteiger partial charge in [-0.25, -0.2) is 0 Å². The van der Waals surface area contributed by atoms with Gasteiger partial charge in [-0.15, -0.1) is 0 Å². The molecule has 0 aliphatic rings. The predicted molar refractivity (Wildman–Crippen MR) is 238 cm³/mol. The summed E-state index contributed by atoms with van der Waals surface area (Å²) in [5.41, 5.74) is 0. The normalized spacial score (nSPS) is 11.8. The van der Waals surface area contributed by atoms with Crippen LogP contribution in [0.4, 0.5) is 0 Å². The highest BCUT2D eigenvalue weighted by atomic mass is 16.6. The molecular weight excluding hydrogens is 697 g/mol. The lowest BCUT2D eigenvalue weighted by Crippen LogP contribution is -2.30. The molecule has 0 aromatic heterocycles. The van der Waals surface area contributed by atoms with E-state index in [4.69, 9.17) is 14.2 Å². The van der Waals surface area contributed by atoms with Crippen LogP contribution in [0.5, 0.6) is 0 Å². The molecule has 1 atom stereocenters. The summed E-state index contributed by atoms with van der Waals surface area (Å²) in [7, 11) is 0. The molecule has 0 aromatic carbocycles. The van der Waals surface area contributed by atoms with Crippen LogP contribution in [0.15, 0.2) is 0 Å². The fourth-order valence-corrected chi connectivity index (χ4v) is 7.56. The second kappa shape index (κ2) is 46.1. The zero-order valence-corrected chi connectivity index (χ0v) is 37.9. The van der Waals surface area contributed by atoms with E-state index in [-0.39, 0.29) is 31.1 Å². The van der Waals surface area contributed by atoms with E-state index in [2.05, 4.69) is 20.8 Å². The van der Waals surface area contributed by atoms with Crippen molar-refractivity contribution in [2.24, 2.45) is 0 Å². The van der Waals surface area contributed by atoms with Gasteiger partial charge < -0.3 is 14.2 Å². The summed E-state index contributed by atoms with van der Waals surface area (Å²) < 4.78 is 16.7. The predicted octanol–water partition coefficient (Wildman–Crippen LogP) is 16.0. The summed E-state index contributed by atoms with van der Waals surface area (Å²) in [6.07, 6.45) is 48.2. The first-order valence-corrected chi connectivity index (χ1v) is 25.0. The minimum absolute atomic E-state index is 0.0629. The molecule has 332 valence electrons. The van der Waals surface area contributed by atoms with Gasteiger partial charge in [-0.2, -0.15) is 0 Å². The van der Waals surface area contributed by atoms with Crippen LogP contribution in [-0.4, -0.2) is 37.2 Å². The van der Waals surface area contributed by atoms with Gasteiger partial charge in [-0.1, -0.05) is 245 Å². The van der Waals surface area contributed by atoms with E-state index in [1.807, 2.05) is 0 Å². The third kappa shape index (κ3) is 43.5. The number of carbonyl (C=O) groups excluding carboxylic acids is 3. The van der Waals surface area contributed by atoms with Crippen molar-refractivity contribution in [1.82, 2.24) is 0 Å². The molecule has 56 heavy (non-hydrogen) atoms. The molecule has 0 aliphatic heterocycles. The SMILES string of the molecule is CCCCCCCCCCCCCCCCCCCCCC(=O)OC[C@H](COC(=O)CCCCCCCCCCCCCC)OC(=O)CCCCCCCCC. The molecule has 0 spiro atoms. The zero-order chi connectivity index (χ0) is 40.8. The maximum absolute atomic E-state index is 12.6. The smallest absolute Gasteiger partial charge is 0.306 e. The van der Waals surface area contributed by atoms with Crippen molar-refractivity contribution in [3.8, 4) is 0 Å². The minimum atomic E-state index is -0.757. The maximum Gasteiger partial charge on any atom is 0.306 e. The van der Waals surface area contributed by atoms with Gasteiger partial charge >= 0.3 is 17.9 Å². The topological polar surface area (TPSA) is 78.9 Å². The van der Waals surface area contributed by atoms with Crippen LogP contribution in [0.3, 0.4) is 0 Å². The summed E-state index contributed by atoms with van der Waals surface area (Å²) in [5.74, 6) is -0.853. The van der Waals surface area contributed by atoms with Gasteiger partial charge in [0.25, 0.3) is 0 Å². The summed E-state index contributed by atoms with van der Waals surface area (Å²) >= 11 is 0. The standard InChI is InChI=1S/C50H96O6/c1-4-7-10-13-16-18-20-22-23-24-25-26-27-28-30-32-35-37-40-43-49(52)55-46-47(56-50(53)44-41-38-33-15-12-9-6-3)45-54-48(51)42-39-36-34-31-29-21-19-17-14-11-8-5-2/h47H,4-46H2,1-3H3/t47-/m0/s1. The molecule has 0 N–H and O–H groups in total. The van der Waals surface area contributed by atoms with Gasteiger partial charge in [0.15, 0.2) is 6.10 Å². The molecule has 0 unspecified atom stereocenters. The molecular formula is C50H96O6. The average molecular weight is 793 g/mol. The van der Waals surface area contributed by atoms with Crippen LogP contribution in [0.25, 0.3) is 0 Å². The van der Waals surface area contributed by atoms with Gasteiger partial charge in [0.1, 0.15) is 13.2 Å². The third-order valence-electron chi connectivity index (χ3n) is 11.4. The lowest BCUT2D eigenvalue weighted by atomic mass is 10.0. The van der Waals surface area contributed by atoms with Crippen LogP contribution >= 0.6 is 0 Å². The Morgan fingerprint density at radius 2 is 0.482 bits per heavy atom. The van der Waals surface area contributed by atoms with Crippen LogP contribution in [-0.2, 0) is 28.6 Å². The van der Waals surface area contributed by atoms with Crippen LogP contribution in [0.1, 0.15) is 284 Å². The molecule has 0 saturated carbocycles. The van der Waals surface area contributed by atoms with Gasteiger partial charge in [-0.05, 0) is 19.3 Å². The molecule has 6 heteroatoms. The number of carbonyl (C=O) groups is 3. The van der Waals surface area contributed by atoms with Crippen LogP contribution in [0, 0.1) is 0 Å². The van der Waals surface area contributed by atoms with E-state index in [1.165, 1.54) is 186 Å². The van der Waals surface area contributed by atoms with Crippen molar-refractivity contribution in [2.75, 3.05) is 13.2 Å². The molecule has 0 bridgehead atoms. The van der Waals surface area contributed by atoms with E-state index >= 15 is 0 Å². The summed E-state index contributed by atoms with van der Waals surface area (Å²) in [5, 5.41) is 0. The Balaban J connectivity index is 4.13. The van der Waals surface area contributed by atoms with E-state index in [0.717, 1.165) is 57.8 Å². The molecule has 0 aromatic rings. The van der Waals surface area contributed by atoms with E-state index in [0.29, 0.717) is 19.3 Å². The van der Waals surface area contributed by atoms with Gasteiger partial charge in [0, 0.05) is 19.3 Å².